The maximum atomic E-state index is 5.52. The van der Waals surface area contributed by atoms with E-state index in [-0.39, 0.29) is 0 Å². The molecule has 4 heteroatoms. The number of benzene rings is 1. The lowest BCUT2D eigenvalue weighted by molar-refractivity contribution is 0.134. The van der Waals surface area contributed by atoms with Crippen LogP contribution in [0.15, 0.2) is 24.4 Å². The Balaban J connectivity index is 2.28. The Hall–Kier alpha value is -0.880. The van der Waals surface area contributed by atoms with E-state index >= 15 is 0 Å². The molecule has 3 nitrogen and oxygen atoms in total. The van der Waals surface area contributed by atoms with Crippen molar-refractivity contribution in [2.24, 2.45) is 7.05 Å². The van der Waals surface area contributed by atoms with Crippen LogP contribution in [0.5, 0.6) is 0 Å². The molecule has 2 aromatic rings. The molecule has 0 saturated carbocycles. The molecule has 0 N–H and O–H groups in total. The first-order chi connectivity index (χ1) is 7.77. The molecular formula is C12H11IN2O. The molecule has 2 heterocycles. The van der Waals surface area contributed by atoms with Gasteiger partial charge in [-0.2, -0.15) is 5.10 Å². The minimum absolute atomic E-state index is 0.715. The third-order valence-corrected chi connectivity index (χ3v) is 3.84. The lowest BCUT2D eigenvalue weighted by atomic mass is 10.0. The summed E-state index contributed by atoms with van der Waals surface area (Å²) in [5.41, 5.74) is 5.05. The van der Waals surface area contributed by atoms with Gasteiger partial charge in [-0.15, -0.1) is 0 Å². The van der Waals surface area contributed by atoms with Crippen LogP contribution in [0.1, 0.15) is 11.1 Å². The number of fused-ring (bicyclic) bond motifs is 1. The standard InChI is InChI=1S/C12H11IN2O/c1-15-11(4-5-14-15)12-9-7-16-6-8(9)2-3-10(12)13/h2-5H,6-7H2,1H3. The fourth-order valence-corrected chi connectivity index (χ4v) is 2.90. The molecule has 1 aromatic carbocycles. The van der Waals surface area contributed by atoms with Gasteiger partial charge in [-0.25, -0.2) is 0 Å². The average Bonchev–Trinajstić information content (AvgIpc) is 2.87. The van der Waals surface area contributed by atoms with Crippen LogP contribution in [0.4, 0.5) is 0 Å². The molecule has 0 fully saturated rings. The van der Waals surface area contributed by atoms with Gasteiger partial charge in [0, 0.05) is 22.4 Å². The topological polar surface area (TPSA) is 27.1 Å². The fraction of sp³-hybridized carbons (Fsp3) is 0.250. The summed E-state index contributed by atoms with van der Waals surface area (Å²) in [5.74, 6) is 0. The second-order valence-corrected chi connectivity index (χ2v) is 5.06. The predicted molar refractivity (Wildman–Crippen MR) is 69.9 cm³/mol. The molecule has 3 rings (SSSR count). The third-order valence-electron chi connectivity index (χ3n) is 2.94. The summed E-state index contributed by atoms with van der Waals surface area (Å²) in [7, 11) is 1.97. The van der Waals surface area contributed by atoms with E-state index in [9.17, 15) is 0 Å². The summed E-state index contributed by atoms with van der Waals surface area (Å²) in [6.45, 7) is 1.45. The number of nitrogens with zero attached hydrogens (tertiary/aromatic N) is 2. The molecule has 0 saturated heterocycles. The Morgan fingerprint density at radius 2 is 2.19 bits per heavy atom. The van der Waals surface area contributed by atoms with Gasteiger partial charge in [0.15, 0.2) is 0 Å². The third kappa shape index (κ3) is 1.48. The van der Waals surface area contributed by atoms with Gasteiger partial charge in [-0.1, -0.05) is 6.07 Å². The minimum Gasteiger partial charge on any atom is -0.372 e. The molecule has 1 aromatic heterocycles. The van der Waals surface area contributed by atoms with E-state index in [4.69, 9.17) is 4.74 Å². The number of aryl methyl sites for hydroxylation is 1. The van der Waals surface area contributed by atoms with Crippen molar-refractivity contribution in [3.05, 3.63) is 39.1 Å². The summed E-state index contributed by atoms with van der Waals surface area (Å²) in [6, 6.07) is 6.36. The van der Waals surface area contributed by atoms with Crippen LogP contribution in [-0.2, 0) is 25.0 Å². The smallest absolute Gasteiger partial charge is 0.0731 e. The van der Waals surface area contributed by atoms with Crippen molar-refractivity contribution in [1.29, 1.82) is 0 Å². The lowest BCUT2D eigenvalue weighted by Gasteiger charge is -2.10. The maximum absolute atomic E-state index is 5.52. The molecule has 0 spiro atoms. The lowest BCUT2D eigenvalue weighted by Crippen LogP contribution is -1.99. The highest BCUT2D eigenvalue weighted by molar-refractivity contribution is 14.1. The zero-order valence-corrected chi connectivity index (χ0v) is 11.1. The highest BCUT2D eigenvalue weighted by atomic mass is 127. The molecule has 0 aliphatic carbocycles. The van der Waals surface area contributed by atoms with Crippen molar-refractivity contribution >= 4 is 22.6 Å². The van der Waals surface area contributed by atoms with E-state index in [2.05, 4.69) is 45.9 Å². The van der Waals surface area contributed by atoms with Crippen molar-refractivity contribution in [2.45, 2.75) is 13.2 Å². The van der Waals surface area contributed by atoms with Gasteiger partial charge in [0.1, 0.15) is 0 Å². The molecule has 0 amide bonds. The molecule has 0 atom stereocenters. The van der Waals surface area contributed by atoms with Gasteiger partial charge in [0.05, 0.1) is 18.9 Å². The highest BCUT2D eigenvalue weighted by Crippen LogP contribution is 2.34. The minimum atomic E-state index is 0.715. The second kappa shape index (κ2) is 3.85. The summed E-state index contributed by atoms with van der Waals surface area (Å²) in [4.78, 5) is 0. The Labute approximate surface area is 108 Å². The molecule has 16 heavy (non-hydrogen) atoms. The summed E-state index contributed by atoms with van der Waals surface area (Å²) in [5, 5.41) is 4.23. The van der Waals surface area contributed by atoms with Crippen LogP contribution in [-0.4, -0.2) is 9.78 Å². The van der Waals surface area contributed by atoms with Crippen LogP contribution >= 0.6 is 22.6 Å². The summed E-state index contributed by atoms with van der Waals surface area (Å²) in [6.07, 6.45) is 1.83. The molecule has 0 bridgehead atoms. The SMILES string of the molecule is Cn1nccc1-c1c(I)ccc2c1COC2. The Morgan fingerprint density at radius 1 is 1.31 bits per heavy atom. The van der Waals surface area contributed by atoms with E-state index in [1.54, 1.807) is 0 Å². The van der Waals surface area contributed by atoms with Crippen molar-refractivity contribution in [2.75, 3.05) is 0 Å². The first-order valence-corrected chi connectivity index (χ1v) is 6.21. The molecule has 0 radical (unpaired) electrons. The van der Waals surface area contributed by atoms with Crippen molar-refractivity contribution in [3.8, 4) is 11.3 Å². The van der Waals surface area contributed by atoms with Gasteiger partial charge in [-0.05, 0) is 45.9 Å². The van der Waals surface area contributed by atoms with E-state index < -0.39 is 0 Å². The van der Waals surface area contributed by atoms with Crippen LogP contribution < -0.4 is 0 Å². The first kappa shape index (κ1) is 10.3. The van der Waals surface area contributed by atoms with E-state index in [0.29, 0.717) is 6.61 Å². The predicted octanol–water partition coefficient (Wildman–Crippen LogP) is 2.72. The highest BCUT2D eigenvalue weighted by Gasteiger charge is 2.20. The van der Waals surface area contributed by atoms with Gasteiger partial charge in [0.2, 0.25) is 0 Å². The molecule has 82 valence electrons. The normalized spacial score (nSPS) is 14.1. The Bertz CT molecular complexity index is 548. The monoisotopic (exact) mass is 326 g/mol. The number of halogens is 1. The van der Waals surface area contributed by atoms with Gasteiger partial charge >= 0.3 is 0 Å². The van der Waals surface area contributed by atoms with Crippen LogP contribution in [0.25, 0.3) is 11.3 Å². The molecule has 1 aliphatic rings. The number of hydrogen-bond acceptors (Lipinski definition) is 2. The number of hydrogen-bond donors (Lipinski definition) is 0. The quantitative estimate of drug-likeness (QED) is 0.754. The number of rotatable bonds is 1. The summed E-state index contributed by atoms with van der Waals surface area (Å²) >= 11 is 2.37. The van der Waals surface area contributed by atoms with E-state index in [0.717, 1.165) is 12.3 Å². The number of aromatic nitrogens is 2. The van der Waals surface area contributed by atoms with Gasteiger partial charge in [0.25, 0.3) is 0 Å². The number of ether oxygens (including phenoxy) is 1. The first-order valence-electron chi connectivity index (χ1n) is 5.14. The van der Waals surface area contributed by atoms with Crippen molar-refractivity contribution < 1.29 is 4.74 Å². The average molecular weight is 326 g/mol. The Morgan fingerprint density at radius 3 is 2.94 bits per heavy atom. The molecular weight excluding hydrogens is 315 g/mol. The maximum Gasteiger partial charge on any atom is 0.0731 e. The molecule has 0 unspecified atom stereocenters. The van der Waals surface area contributed by atoms with Crippen molar-refractivity contribution in [1.82, 2.24) is 9.78 Å². The van der Waals surface area contributed by atoms with Crippen LogP contribution in [0.2, 0.25) is 0 Å². The van der Waals surface area contributed by atoms with Gasteiger partial charge < -0.3 is 4.74 Å². The zero-order chi connectivity index (χ0) is 11.1. The van der Waals surface area contributed by atoms with E-state index in [1.165, 1.54) is 20.3 Å². The van der Waals surface area contributed by atoms with Gasteiger partial charge in [-0.3, -0.25) is 4.68 Å². The largest absolute Gasteiger partial charge is 0.372 e. The summed E-state index contributed by atoms with van der Waals surface area (Å²) < 4.78 is 8.68. The van der Waals surface area contributed by atoms with Crippen molar-refractivity contribution in [3.63, 3.8) is 0 Å². The van der Waals surface area contributed by atoms with Crippen LogP contribution in [0, 0.1) is 3.57 Å². The fourth-order valence-electron chi connectivity index (χ4n) is 2.12. The van der Waals surface area contributed by atoms with E-state index in [1.807, 2.05) is 17.9 Å². The Kier molecular flexibility index (Phi) is 2.48. The molecule has 1 aliphatic heterocycles. The zero-order valence-electron chi connectivity index (χ0n) is 8.90. The second-order valence-electron chi connectivity index (χ2n) is 3.89. The van der Waals surface area contributed by atoms with Crippen LogP contribution in [0.3, 0.4) is 0 Å².